The van der Waals surface area contributed by atoms with Crippen LogP contribution in [-0.2, 0) is 14.6 Å². The van der Waals surface area contributed by atoms with Crippen LogP contribution in [0.2, 0.25) is 0 Å². The number of hydrogen-bond acceptors (Lipinski definition) is 4. The number of hydrogen-bond donors (Lipinski definition) is 0. The van der Waals surface area contributed by atoms with Crippen molar-refractivity contribution in [2.45, 2.75) is 6.42 Å². The normalized spacial score (nSPS) is 19.1. The molecule has 0 N–H and O–H groups in total. The van der Waals surface area contributed by atoms with Gasteiger partial charge >= 0.3 is 0 Å². The summed E-state index contributed by atoms with van der Waals surface area (Å²) in [5, 5.41) is 0. The summed E-state index contributed by atoms with van der Waals surface area (Å²) in [6.45, 7) is 4.01. The molecule has 0 atom stereocenters. The molecule has 1 amide bonds. The first-order valence-electron chi connectivity index (χ1n) is 5.11. The fourth-order valence-electron chi connectivity index (χ4n) is 1.64. The lowest BCUT2D eigenvalue weighted by atomic mass is 10.3. The van der Waals surface area contributed by atoms with Crippen LogP contribution in [0.4, 0.5) is 0 Å². The van der Waals surface area contributed by atoms with Gasteiger partial charge < -0.3 is 4.90 Å². The first kappa shape index (κ1) is 12.4. The van der Waals surface area contributed by atoms with Gasteiger partial charge in [0.05, 0.1) is 5.75 Å². The van der Waals surface area contributed by atoms with Crippen molar-refractivity contribution in [3.63, 3.8) is 0 Å². The van der Waals surface area contributed by atoms with Crippen molar-refractivity contribution in [1.29, 1.82) is 0 Å². The van der Waals surface area contributed by atoms with Crippen LogP contribution in [-0.4, -0.2) is 69.4 Å². The smallest absolute Gasteiger partial charge is 0.209 e. The summed E-state index contributed by atoms with van der Waals surface area (Å²) in [5.41, 5.74) is 0. The Morgan fingerprint density at radius 3 is 2.27 bits per heavy atom. The predicted molar refractivity (Wildman–Crippen MR) is 58.4 cm³/mol. The van der Waals surface area contributed by atoms with Gasteiger partial charge in [-0.15, -0.1) is 0 Å². The minimum absolute atomic E-state index is 0.251. The second kappa shape index (κ2) is 5.46. The van der Waals surface area contributed by atoms with E-state index < -0.39 is 9.84 Å². The zero-order valence-corrected chi connectivity index (χ0v) is 9.87. The number of piperazine rings is 1. The SMILES string of the molecule is CS(=O)(=O)CCCN1CCN(C=O)CC1. The van der Waals surface area contributed by atoms with Gasteiger partial charge in [0.25, 0.3) is 0 Å². The van der Waals surface area contributed by atoms with E-state index in [1.807, 2.05) is 0 Å². The van der Waals surface area contributed by atoms with Crippen LogP contribution in [0.25, 0.3) is 0 Å². The molecule has 1 heterocycles. The first-order valence-corrected chi connectivity index (χ1v) is 7.17. The van der Waals surface area contributed by atoms with Gasteiger partial charge in [0.1, 0.15) is 9.84 Å². The van der Waals surface area contributed by atoms with Crippen LogP contribution < -0.4 is 0 Å². The van der Waals surface area contributed by atoms with Gasteiger partial charge in [0, 0.05) is 32.4 Å². The highest BCUT2D eigenvalue weighted by Gasteiger charge is 2.15. The molecule has 1 aliphatic heterocycles. The number of amides is 1. The maximum atomic E-state index is 10.9. The zero-order chi connectivity index (χ0) is 11.3. The van der Waals surface area contributed by atoms with Crippen LogP contribution in [0.15, 0.2) is 0 Å². The first-order chi connectivity index (χ1) is 7.01. The fraction of sp³-hybridized carbons (Fsp3) is 0.889. The topological polar surface area (TPSA) is 57.7 Å². The Balaban J connectivity index is 2.16. The quantitative estimate of drug-likeness (QED) is 0.584. The Labute approximate surface area is 91.0 Å². The molecular weight excluding hydrogens is 216 g/mol. The summed E-state index contributed by atoms with van der Waals surface area (Å²) in [4.78, 5) is 14.4. The molecule has 0 aromatic heterocycles. The molecule has 0 bridgehead atoms. The van der Waals surface area contributed by atoms with Gasteiger partial charge in [-0.2, -0.15) is 0 Å². The number of rotatable bonds is 5. The lowest BCUT2D eigenvalue weighted by Gasteiger charge is -2.32. The third kappa shape index (κ3) is 5.13. The molecule has 1 fully saturated rings. The molecule has 88 valence electrons. The van der Waals surface area contributed by atoms with E-state index in [0.717, 1.165) is 39.1 Å². The summed E-state index contributed by atoms with van der Waals surface area (Å²) in [6.07, 6.45) is 2.81. The number of carbonyl (C=O) groups is 1. The van der Waals surface area contributed by atoms with Crippen molar-refractivity contribution in [2.75, 3.05) is 44.7 Å². The third-order valence-corrected chi connectivity index (χ3v) is 3.58. The Kier molecular flexibility index (Phi) is 4.53. The maximum Gasteiger partial charge on any atom is 0.209 e. The maximum absolute atomic E-state index is 10.9. The minimum Gasteiger partial charge on any atom is -0.343 e. The van der Waals surface area contributed by atoms with E-state index in [4.69, 9.17) is 0 Å². The van der Waals surface area contributed by atoms with E-state index in [-0.39, 0.29) is 5.75 Å². The molecule has 1 rings (SSSR count). The van der Waals surface area contributed by atoms with Crippen molar-refractivity contribution >= 4 is 16.2 Å². The van der Waals surface area contributed by atoms with Crippen LogP contribution in [0.1, 0.15) is 6.42 Å². The molecule has 0 aromatic carbocycles. The van der Waals surface area contributed by atoms with Crippen molar-refractivity contribution in [3.05, 3.63) is 0 Å². The largest absolute Gasteiger partial charge is 0.343 e. The molecule has 1 aliphatic rings. The van der Waals surface area contributed by atoms with Gasteiger partial charge in [0.2, 0.25) is 6.41 Å². The molecule has 0 unspecified atom stereocenters. The second-order valence-electron chi connectivity index (χ2n) is 3.97. The van der Waals surface area contributed by atoms with E-state index in [2.05, 4.69) is 4.90 Å². The van der Waals surface area contributed by atoms with E-state index in [1.54, 1.807) is 4.90 Å². The highest BCUT2D eigenvalue weighted by molar-refractivity contribution is 7.90. The van der Waals surface area contributed by atoms with E-state index >= 15 is 0 Å². The van der Waals surface area contributed by atoms with E-state index in [1.165, 1.54) is 6.26 Å². The standard InChI is InChI=1S/C9H18N2O3S/c1-15(13,14)8-2-3-10-4-6-11(9-12)7-5-10/h9H,2-8H2,1H3. The monoisotopic (exact) mass is 234 g/mol. The van der Waals surface area contributed by atoms with Crippen LogP contribution >= 0.6 is 0 Å². The van der Waals surface area contributed by atoms with Gasteiger partial charge in [-0.1, -0.05) is 0 Å². The van der Waals surface area contributed by atoms with E-state index in [9.17, 15) is 13.2 Å². The van der Waals surface area contributed by atoms with Crippen molar-refractivity contribution in [2.24, 2.45) is 0 Å². The average Bonchev–Trinajstić information content (AvgIpc) is 2.17. The minimum atomic E-state index is -2.83. The Morgan fingerprint density at radius 1 is 1.20 bits per heavy atom. The molecule has 1 saturated heterocycles. The summed E-state index contributed by atoms with van der Waals surface area (Å²) >= 11 is 0. The van der Waals surface area contributed by atoms with Crippen molar-refractivity contribution in [1.82, 2.24) is 9.80 Å². The fourth-order valence-corrected chi connectivity index (χ4v) is 2.30. The average molecular weight is 234 g/mol. The van der Waals surface area contributed by atoms with Crippen LogP contribution in [0, 0.1) is 0 Å². The Hall–Kier alpha value is -0.620. The summed E-state index contributed by atoms with van der Waals surface area (Å²) in [7, 11) is -2.83. The molecule has 0 spiro atoms. The molecule has 6 heteroatoms. The molecule has 0 aromatic rings. The second-order valence-corrected chi connectivity index (χ2v) is 6.23. The van der Waals surface area contributed by atoms with Gasteiger partial charge in [-0.25, -0.2) is 8.42 Å². The van der Waals surface area contributed by atoms with Crippen molar-refractivity contribution < 1.29 is 13.2 Å². The Morgan fingerprint density at radius 2 is 1.80 bits per heavy atom. The molecule has 0 aliphatic carbocycles. The summed E-state index contributed by atoms with van der Waals surface area (Å²) < 4.78 is 21.8. The number of carbonyl (C=O) groups excluding carboxylic acids is 1. The van der Waals surface area contributed by atoms with Crippen LogP contribution in [0.5, 0.6) is 0 Å². The van der Waals surface area contributed by atoms with Gasteiger partial charge in [0.15, 0.2) is 0 Å². The number of nitrogens with zero attached hydrogens (tertiary/aromatic N) is 2. The summed E-state index contributed by atoms with van der Waals surface area (Å²) in [5.74, 6) is 0.251. The van der Waals surface area contributed by atoms with Gasteiger partial charge in [-0.3, -0.25) is 9.69 Å². The van der Waals surface area contributed by atoms with E-state index in [0.29, 0.717) is 6.42 Å². The highest BCUT2D eigenvalue weighted by Crippen LogP contribution is 2.01. The lowest BCUT2D eigenvalue weighted by Crippen LogP contribution is -2.46. The molecular formula is C9H18N2O3S. The van der Waals surface area contributed by atoms with Crippen molar-refractivity contribution in [3.8, 4) is 0 Å². The molecule has 0 saturated carbocycles. The highest BCUT2D eigenvalue weighted by atomic mass is 32.2. The number of sulfone groups is 1. The lowest BCUT2D eigenvalue weighted by molar-refractivity contribution is -0.119. The third-order valence-electron chi connectivity index (χ3n) is 2.55. The zero-order valence-electron chi connectivity index (χ0n) is 9.05. The molecule has 5 nitrogen and oxygen atoms in total. The van der Waals surface area contributed by atoms with Crippen LogP contribution in [0.3, 0.4) is 0 Å². The summed E-state index contributed by atoms with van der Waals surface area (Å²) in [6, 6.07) is 0. The Bertz CT molecular complexity index is 294. The molecule has 0 radical (unpaired) electrons. The predicted octanol–water partition coefficient (Wildman–Crippen LogP) is -0.805. The van der Waals surface area contributed by atoms with Gasteiger partial charge in [-0.05, 0) is 13.0 Å². The molecule has 15 heavy (non-hydrogen) atoms.